The molecule has 2 fully saturated rings. The lowest BCUT2D eigenvalue weighted by Crippen LogP contribution is -2.57. The van der Waals surface area contributed by atoms with Crippen molar-refractivity contribution >= 4 is 17.6 Å². The molecule has 0 aromatic heterocycles. The van der Waals surface area contributed by atoms with Crippen molar-refractivity contribution in [2.75, 3.05) is 19.9 Å². The summed E-state index contributed by atoms with van der Waals surface area (Å²) < 4.78 is 16.2. The molecule has 2 amide bonds. The number of amides is 2. The van der Waals surface area contributed by atoms with Gasteiger partial charge in [-0.2, -0.15) is 0 Å². The number of hydrogen-bond donors (Lipinski definition) is 1. The Morgan fingerprint density at radius 1 is 1.21 bits per heavy atom. The van der Waals surface area contributed by atoms with Gasteiger partial charge >= 0.3 is 0 Å². The third-order valence-corrected chi connectivity index (χ3v) is 5.75. The standard InChI is InChI=1S/C21H26N2O6/c1-11-8-23(16-13(24)9-27-17(11)16)20(26)18(21(2,3)4)22-19(25)12-5-6-14-15(7-12)29-10-28-14/h5-7,11,16-18H,8-10H2,1-4H3,(H,22,25)/t11-,16-,17-,18-/m1/s1. The molecule has 2 saturated heterocycles. The minimum atomic E-state index is -0.792. The fourth-order valence-electron chi connectivity index (χ4n) is 4.19. The van der Waals surface area contributed by atoms with E-state index in [1.165, 1.54) is 0 Å². The highest BCUT2D eigenvalue weighted by Gasteiger charge is 2.52. The number of hydrogen-bond acceptors (Lipinski definition) is 6. The molecule has 8 heteroatoms. The molecule has 3 aliphatic rings. The molecule has 4 rings (SSSR count). The van der Waals surface area contributed by atoms with Gasteiger partial charge in [0.25, 0.3) is 5.91 Å². The Kier molecular flexibility index (Phi) is 4.77. The molecule has 8 nitrogen and oxygen atoms in total. The Balaban J connectivity index is 1.56. The van der Waals surface area contributed by atoms with Gasteiger partial charge in [-0.25, -0.2) is 0 Å². The number of ketones is 1. The average Bonchev–Trinajstić information content (AvgIpc) is 3.35. The second kappa shape index (κ2) is 7.02. The first-order valence-corrected chi connectivity index (χ1v) is 9.82. The highest BCUT2D eigenvalue weighted by Crippen LogP contribution is 2.35. The fraction of sp³-hybridized carbons (Fsp3) is 0.571. The number of fused-ring (bicyclic) bond motifs is 2. The van der Waals surface area contributed by atoms with Crippen LogP contribution in [-0.4, -0.2) is 60.6 Å². The van der Waals surface area contributed by atoms with Crippen LogP contribution in [0.5, 0.6) is 11.5 Å². The van der Waals surface area contributed by atoms with E-state index in [1.54, 1.807) is 23.1 Å². The van der Waals surface area contributed by atoms with Gasteiger partial charge in [-0.3, -0.25) is 14.4 Å². The van der Waals surface area contributed by atoms with Crippen LogP contribution < -0.4 is 14.8 Å². The van der Waals surface area contributed by atoms with Gasteiger partial charge in [-0.1, -0.05) is 27.7 Å². The number of carbonyl (C=O) groups excluding carboxylic acids is 3. The molecule has 3 heterocycles. The van der Waals surface area contributed by atoms with E-state index in [4.69, 9.17) is 14.2 Å². The van der Waals surface area contributed by atoms with Gasteiger partial charge in [0.2, 0.25) is 12.7 Å². The highest BCUT2D eigenvalue weighted by molar-refractivity contribution is 6.00. The number of carbonyl (C=O) groups is 3. The minimum Gasteiger partial charge on any atom is -0.454 e. The smallest absolute Gasteiger partial charge is 0.252 e. The topological polar surface area (TPSA) is 94.2 Å². The van der Waals surface area contributed by atoms with Crippen molar-refractivity contribution in [2.45, 2.75) is 45.9 Å². The first kappa shape index (κ1) is 19.7. The molecular weight excluding hydrogens is 376 g/mol. The van der Waals surface area contributed by atoms with Gasteiger partial charge in [0.05, 0.1) is 6.10 Å². The SMILES string of the molecule is C[C@@H]1CN(C(=O)[C@@H](NC(=O)c2ccc3c(c2)OCO3)C(C)(C)C)[C@@H]2C(=O)CO[C@H]12. The molecule has 0 bridgehead atoms. The quantitative estimate of drug-likeness (QED) is 0.821. The molecule has 29 heavy (non-hydrogen) atoms. The van der Waals surface area contributed by atoms with Crippen LogP contribution in [0.4, 0.5) is 0 Å². The Labute approximate surface area is 169 Å². The van der Waals surface area contributed by atoms with E-state index in [1.807, 2.05) is 27.7 Å². The van der Waals surface area contributed by atoms with E-state index in [0.29, 0.717) is 23.6 Å². The lowest BCUT2D eigenvalue weighted by atomic mass is 9.85. The van der Waals surface area contributed by atoms with Crippen molar-refractivity contribution in [2.24, 2.45) is 11.3 Å². The highest BCUT2D eigenvalue weighted by atomic mass is 16.7. The zero-order chi connectivity index (χ0) is 20.9. The second-order valence-corrected chi connectivity index (χ2v) is 9.00. The molecule has 1 N–H and O–H groups in total. The molecule has 3 aliphatic heterocycles. The first-order valence-electron chi connectivity index (χ1n) is 9.82. The van der Waals surface area contributed by atoms with E-state index in [9.17, 15) is 14.4 Å². The number of likely N-dealkylation sites (tertiary alicyclic amines) is 1. The summed E-state index contributed by atoms with van der Waals surface area (Å²) in [6.45, 7) is 8.23. The summed E-state index contributed by atoms with van der Waals surface area (Å²) in [7, 11) is 0. The Morgan fingerprint density at radius 3 is 2.66 bits per heavy atom. The van der Waals surface area contributed by atoms with Crippen molar-refractivity contribution in [1.29, 1.82) is 0 Å². The fourth-order valence-corrected chi connectivity index (χ4v) is 4.19. The zero-order valence-corrected chi connectivity index (χ0v) is 17.1. The number of nitrogens with one attached hydrogen (secondary N) is 1. The largest absolute Gasteiger partial charge is 0.454 e. The molecule has 1 aromatic rings. The summed E-state index contributed by atoms with van der Waals surface area (Å²) in [5.41, 5.74) is -0.170. The third kappa shape index (κ3) is 3.46. The molecule has 1 aromatic carbocycles. The van der Waals surface area contributed by atoms with Crippen LogP contribution in [0.15, 0.2) is 18.2 Å². The van der Waals surface area contributed by atoms with E-state index in [2.05, 4.69) is 5.32 Å². The Bertz CT molecular complexity index is 861. The van der Waals surface area contributed by atoms with Gasteiger partial charge in [0.1, 0.15) is 18.7 Å². The van der Waals surface area contributed by atoms with Crippen LogP contribution in [0.3, 0.4) is 0 Å². The predicted octanol–water partition coefficient (Wildman–Crippen LogP) is 1.37. The number of benzene rings is 1. The van der Waals surface area contributed by atoms with Crippen LogP contribution in [0.2, 0.25) is 0 Å². The van der Waals surface area contributed by atoms with Gasteiger partial charge < -0.3 is 24.4 Å². The lowest BCUT2D eigenvalue weighted by molar-refractivity contribution is -0.140. The maximum atomic E-state index is 13.4. The number of Topliss-reactive ketones (excluding diaryl/α,β-unsaturated/α-hetero) is 1. The normalized spacial score (nSPS) is 26.4. The van der Waals surface area contributed by atoms with Crippen LogP contribution in [0.1, 0.15) is 38.1 Å². The number of rotatable bonds is 3. The third-order valence-electron chi connectivity index (χ3n) is 5.75. The van der Waals surface area contributed by atoms with Crippen molar-refractivity contribution in [3.8, 4) is 11.5 Å². The van der Waals surface area contributed by atoms with Gasteiger partial charge in [0.15, 0.2) is 17.3 Å². The summed E-state index contributed by atoms with van der Waals surface area (Å²) in [5, 5.41) is 2.87. The maximum Gasteiger partial charge on any atom is 0.252 e. The second-order valence-electron chi connectivity index (χ2n) is 9.00. The molecule has 0 spiro atoms. The van der Waals surface area contributed by atoms with E-state index < -0.39 is 17.5 Å². The predicted molar refractivity (Wildman–Crippen MR) is 103 cm³/mol. The van der Waals surface area contributed by atoms with Crippen molar-refractivity contribution in [1.82, 2.24) is 10.2 Å². The molecule has 0 unspecified atom stereocenters. The van der Waals surface area contributed by atoms with Crippen LogP contribution in [-0.2, 0) is 14.3 Å². The van der Waals surface area contributed by atoms with Gasteiger partial charge in [0, 0.05) is 18.0 Å². The Hall–Kier alpha value is -2.61. The monoisotopic (exact) mass is 402 g/mol. The summed E-state index contributed by atoms with van der Waals surface area (Å²) >= 11 is 0. The molecule has 156 valence electrons. The van der Waals surface area contributed by atoms with Crippen molar-refractivity contribution in [3.05, 3.63) is 23.8 Å². The van der Waals surface area contributed by atoms with E-state index in [-0.39, 0.29) is 43.0 Å². The zero-order valence-electron chi connectivity index (χ0n) is 17.1. The van der Waals surface area contributed by atoms with Crippen molar-refractivity contribution in [3.63, 3.8) is 0 Å². The minimum absolute atomic E-state index is 0.0349. The van der Waals surface area contributed by atoms with Gasteiger partial charge in [-0.05, 0) is 23.6 Å². The van der Waals surface area contributed by atoms with Crippen LogP contribution in [0.25, 0.3) is 0 Å². The molecule has 0 saturated carbocycles. The summed E-state index contributed by atoms with van der Waals surface area (Å²) in [6, 6.07) is 3.55. The van der Waals surface area contributed by atoms with Crippen molar-refractivity contribution < 1.29 is 28.6 Å². The maximum absolute atomic E-state index is 13.4. The summed E-state index contributed by atoms with van der Waals surface area (Å²) in [6.07, 6.45) is -0.267. The van der Waals surface area contributed by atoms with Crippen LogP contribution >= 0.6 is 0 Å². The van der Waals surface area contributed by atoms with Crippen LogP contribution in [0, 0.1) is 11.3 Å². The molecular formula is C21H26N2O6. The van der Waals surface area contributed by atoms with E-state index >= 15 is 0 Å². The molecule has 0 aliphatic carbocycles. The number of ether oxygens (including phenoxy) is 3. The average molecular weight is 402 g/mol. The first-order chi connectivity index (χ1) is 13.7. The Morgan fingerprint density at radius 2 is 1.93 bits per heavy atom. The summed E-state index contributed by atoms with van der Waals surface area (Å²) in [5.74, 6) is 0.435. The summed E-state index contributed by atoms with van der Waals surface area (Å²) in [4.78, 5) is 40.2. The number of nitrogens with zero attached hydrogens (tertiary/aromatic N) is 1. The van der Waals surface area contributed by atoms with Gasteiger partial charge in [-0.15, -0.1) is 0 Å². The molecule has 4 atom stereocenters. The molecule has 0 radical (unpaired) electrons. The lowest BCUT2D eigenvalue weighted by Gasteiger charge is -2.35. The van der Waals surface area contributed by atoms with E-state index in [0.717, 1.165) is 0 Å².